The Hall–Kier alpha value is -3.03. The molecule has 0 atom stereocenters. The standard InChI is InChI=1S/C21H12Cl2F3N3O/c22-13-8-4-9-14(23)16(13)20(30)27-15-10-5-11-29-17(12-6-2-1-3-7-12)18(21(24,25)26)28-19(15)29/h1-11H,(H,27,30). The van der Waals surface area contributed by atoms with Crippen LogP contribution in [0.4, 0.5) is 18.9 Å². The molecule has 0 radical (unpaired) electrons. The number of halogens is 5. The summed E-state index contributed by atoms with van der Waals surface area (Å²) in [6.45, 7) is 0. The van der Waals surface area contributed by atoms with Crippen LogP contribution in [-0.2, 0) is 6.18 Å². The fourth-order valence-electron chi connectivity index (χ4n) is 3.13. The van der Waals surface area contributed by atoms with Gasteiger partial charge < -0.3 is 5.32 Å². The molecule has 4 rings (SSSR count). The Labute approximate surface area is 178 Å². The number of pyridine rings is 1. The normalized spacial score (nSPS) is 11.6. The van der Waals surface area contributed by atoms with E-state index in [9.17, 15) is 18.0 Å². The summed E-state index contributed by atoms with van der Waals surface area (Å²) in [6.07, 6.45) is -3.23. The number of aromatic nitrogens is 2. The molecule has 4 aromatic rings. The van der Waals surface area contributed by atoms with Crippen molar-refractivity contribution in [3.63, 3.8) is 0 Å². The third kappa shape index (κ3) is 3.62. The molecule has 1 N–H and O–H groups in total. The molecule has 2 heterocycles. The first-order valence-corrected chi connectivity index (χ1v) is 9.42. The van der Waals surface area contributed by atoms with Crippen molar-refractivity contribution >= 4 is 40.4 Å². The topological polar surface area (TPSA) is 46.4 Å². The number of hydrogen-bond donors (Lipinski definition) is 1. The molecule has 30 heavy (non-hydrogen) atoms. The first-order valence-electron chi connectivity index (χ1n) is 8.66. The van der Waals surface area contributed by atoms with Gasteiger partial charge in [0.25, 0.3) is 5.91 Å². The number of imidazole rings is 1. The third-order valence-corrected chi connectivity index (χ3v) is 5.03. The van der Waals surface area contributed by atoms with Gasteiger partial charge in [-0.05, 0) is 24.3 Å². The van der Waals surface area contributed by atoms with Gasteiger partial charge in [-0.15, -0.1) is 0 Å². The van der Waals surface area contributed by atoms with Crippen molar-refractivity contribution in [2.24, 2.45) is 0 Å². The van der Waals surface area contributed by atoms with Gasteiger partial charge in [0.2, 0.25) is 0 Å². The van der Waals surface area contributed by atoms with Crippen LogP contribution >= 0.6 is 23.2 Å². The molecule has 1 amide bonds. The predicted molar refractivity (Wildman–Crippen MR) is 110 cm³/mol. The highest BCUT2D eigenvalue weighted by Crippen LogP contribution is 2.38. The maximum atomic E-state index is 13.7. The number of amides is 1. The largest absolute Gasteiger partial charge is 0.435 e. The Kier molecular flexibility index (Phi) is 5.17. The van der Waals surface area contributed by atoms with Gasteiger partial charge in [-0.3, -0.25) is 9.20 Å². The highest BCUT2D eigenvalue weighted by molar-refractivity contribution is 6.40. The summed E-state index contributed by atoms with van der Waals surface area (Å²) in [4.78, 5) is 16.5. The second-order valence-corrected chi connectivity index (χ2v) is 7.15. The summed E-state index contributed by atoms with van der Waals surface area (Å²) in [7, 11) is 0. The van der Waals surface area contributed by atoms with Crippen molar-refractivity contribution in [2.45, 2.75) is 6.18 Å². The minimum Gasteiger partial charge on any atom is -0.319 e. The number of nitrogens with zero attached hydrogens (tertiary/aromatic N) is 2. The molecule has 152 valence electrons. The molecule has 0 aliphatic rings. The average molecular weight is 450 g/mol. The zero-order chi connectivity index (χ0) is 21.5. The second kappa shape index (κ2) is 7.66. The van der Waals surface area contributed by atoms with Gasteiger partial charge in [-0.2, -0.15) is 13.2 Å². The lowest BCUT2D eigenvalue weighted by Gasteiger charge is -2.10. The van der Waals surface area contributed by atoms with E-state index in [-0.39, 0.29) is 32.6 Å². The molecule has 9 heteroatoms. The Morgan fingerprint density at radius 3 is 2.23 bits per heavy atom. The lowest BCUT2D eigenvalue weighted by atomic mass is 10.1. The number of hydrogen-bond acceptors (Lipinski definition) is 2. The van der Waals surface area contributed by atoms with E-state index >= 15 is 0 Å². The third-order valence-electron chi connectivity index (χ3n) is 4.40. The van der Waals surface area contributed by atoms with Gasteiger partial charge >= 0.3 is 6.18 Å². The molecule has 2 aromatic carbocycles. The zero-order valence-electron chi connectivity index (χ0n) is 15.0. The molecule has 0 fully saturated rings. The Morgan fingerprint density at radius 2 is 1.60 bits per heavy atom. The van der Waals surface area contributed by atoms with E-state index in [1.165, 1.54) is 34.9 Å². The van der Waals surface area contributed by atoms with E-state index in [1.54, 1.807) is 36.4 Å². The molecule has 0 saturated carbocycles. The number of fused-ring (bicyclic) bond motifs is 1. The lowest BCUT2D eigenvalue weighted by molar-refractivity contribution is -0.140. The molecule has 0 aliphatic heterocycles. The summed E-state index contributed by atoms with van der Waals surface area (Å²) in [5, 5.41) is 2.81. The summed E-state index contributed by atoms with van der Waals surface area (Å²) in [5.41, 5.74) is -0.772. The quantitative estimate of drug-likeness (QED) is 0.383. The van der Waals surface area contributed by atoms with Crippen LogP contribution in [0, 0.1) is 0 Å². The van der Waals surface area contributed by atoms with E-state index in [0.29, 0.717) is 5.56 Å². The van der Waals surface area contributed by atoms with Crippen molar-refractivity contribution in [3.05, 3.63) is 88.2 Å². The molecule has 0 bridgehead atoms. The summed E-state index contributed by atoms with van der Waals surface area (Å²) >= 11 is 12.1. The van der Waals surface area contributed by atoms with Crippen LogP contribution in [-0.4, -0.2) is 15.3 Å². The predicted octanol–water partition coefficient (Wildman–Crippen LogP) is 6.58. The first kappa shape index (κ1) is 20.3. The van der Waals surface area contributed by atoms with Crippen molar-refractivity contribution in [2.75, 3.05) is 5.32 Å². The number of carbonyl (C=O) groups is 1. The van der Waals surface area contributed by atoms with E-state index in [4.69, 9.17) is 23.2 Å². The Bertz CT molecular complexity index is 1230. The number of nitrogens with one attached hydrogen (secondary N) is 1. The molecule has 0 unspecified atom stereocenters. The number of anilines is 1. The smallest absolute Gasteiger partial charge is 0.319 e. The molecule has 0 spiro atoms. The maximum absolute atomic E-state index is 13.7. The summed E-state index contributed by atoms with van der Waals surface area (Å²) in [6, 6.07) is 15.7. The number of alkyl halides is 3. The minimum atomic E-state index is -4.69. The fourth-order valence-corrected chi connectivity index (χ4v) is 3.70. The number of rotatable bonds is 3. The lowest BCUT2D eigenvalue weighted by Crippen LogP contribution is -2.14. The van der Waals surface area contributed by atoms with Crippen LogP contribution in [0.3, 0.4) is 0 Å². The Balaban J connectivity index is 1.87. The van der Waals surface area contributed by atoms with Crippen LogP contribution in [0.2, 0.25) is 10.0 Å². The monoisotopic (exact) mass is 449 g/mol. The van der Waals surface area contributed by atoms with Crippen LogP contribution in [0.25, 0.3) is 16.9 Å². The summed E-state index contributed by atoms with van der Waals surface area (Å²) < 4.78 is 42.5. The maximum Gasteiger partial charge on any atom is 0.435 e. The van der Waals surface area contributed by atoms with Crippen molar-refractivity contribution in [1.29, 1.82) is 0 Å². The molecule has 2 aromatic heterocycles. The highest BCUT2D eigenvalue weighted by atomic mass is 35.5. The number of benzene rings is 2. The molecule has 4 nitrogen and oxygen atoms in total. The van der Waals surface area contributed by atoms with Crippen LogP contribution in [0.15, 0.2) is 66.9 Å². The van der Waals surface area contributed by atoms with Gasteiger partial charge in [-0.25, -0.2) is 4.98 Å². The van der Waals surface area contributed by atoms with Gasteiger partial charge in [0.15, 0.2) is 11.3 Å². The Morgan fingerprint density at radius 1 is 0.933 bits per heavy atom. The fraction of sp³-hybridized carbons (Fsp3) is 0.0476. The van der Waals surface area contributed by atoms with E-state index < -0.39 is 17.8 Å². The van der Waals surface area contributed by atoms with Gasteiger partial charge in [-0.1, -0.05) is 59.6 Å². The van der Waals surface area contributed by atoms with Crippen molar-refractivity contribution < 1.29 is 18.0 Å². The molecular weight excluding hydrogens is 438 g/mol. The molecular formula is C21H12Cl2F3N3O. The second-order valence-electron chi connectivity index (χ2n) is 6.34. The zero-order valence-corrected chi connectivity index (χ0v) is 16.6. The van der Waals surface area contributed by atoms with Gasteiger partial charge in [0.05, 0.1) is 27.0 Å². The molecule has 0 saturated heterocycles. The summed E-state index contributed by atoms with van der Waals surface area (Å²) in [5.74, 6) is -0.656. The van der Waals surface area contributed by atoms with Crippen LogP contribution in [0.5, 0.6) is 0 Å². The van der Waals surface area contributed by atoms with Gasteiger partial charge in [0.1, 0.15) is 0 Å². The van der Waals surface area contributed by atoms with Crippen molar-refractivity contribution in [1.82, 2.24) is 9.38 Å². The van der Waals surface area contributed by atoms with E-state index in [1.807, 2.05) is 0 Å². The van der Waals surface area contributed by atoms with Crippen molar-refractivity contribution in [3.8, 4) is 11.3 Å². The van der Waals surface area contributed by atoms with Gasteiger partial charge in [0, 0.05) is 11.8 Å². The van der Waals surface area contributed by atoms with Crippen LogP contribution in [0.1, 0.15) is 16.1 Å². The van der Waals surface area contributed by atoms with E-state index in [0.717, 1.165) is 0 Å². The SMILES string of the molecule is O=C(Nc1cccn2c(-c3ccccc3)c(C(F)(F)F)nc12)c1c(Cl)cccc1Cl. The highest BCUT2D eigenvalue weighted by Gasteiger charge is 2.38. The van der Waals surface area contributed by atoms with Crippen LogP contribution < -0.4 is 5.32 Å². The van der Waals surface area contributed by atoms with E-state index in [2.05, 4.69) is 10.3 Å². The number of carbonyl (C=O) groups excluding carboxylic acids is 1. The first-order chi connectivity index (χ1) is 14.3. The molecule has 0 aliphatic carbocycles. The average Bonchev–Trinajstić information content (AvgIpc) is 3.10. The minimum absolute atomic E-state index is 0.0220.